The lowest BCUT2D eigenvalue weighted by Gasteiger charge is -2.49. The zero-order valence-electron chi connectivity index (χ0n) is 17.1. The number of esters is 4. The Balaban J connectivity index is 2.48. The van der Waals surface area contributed by atoms with Crippen LogP contribution in [0.3, 0.4) is 0 Å². The van der Waals surface area contributed by atoms with E-state index in [-0.39, 0.29) is 24.0 Å². The summed E-state index contributed by atoms with van der Waals surface area (Å²) in [5, 5.41) is 22.2. The molecule has 3 aliphatic rings. The molecule has 2 N–H and O–H groups in total. The number of carbonyl (C=O) groups is 4. The maximum atomic E-state index is 12.8. The molecule has 164 valence electrons. The van der Waals surface area contributed by atoms with Gasteiger partial charge in [-0.15, -0.1) is 0 Å². The van der Waals surface area contributed by atoms with Crippen LogP contribution in [-0.4, -0.2) is 62.5 Å². The number of aliphatic hydroxyl groups excluding tert-OH is 2. The summed E-state index contributed by atoms with van der Waals surface area (Å²) in [5.74, 6) is -8.09. The molecule has 1 saturated carbocycles. The maximum Gasteiger partial charge on any atom is 0.337 e. The van der Waals surface area contributed by atoms with Gasteiger partial charge in [0, 0.05) is 10.8 Å². The Morgan fingerprint density at radius 1 is 0.700 bits per heavy atom. The molecule has 0 aromatic rings. The van der Waals surface area contributed by atoms with Crippen molar-refractivity contribution >= 4 is 23.9 Å². The second-order valence-corrected chi connectivity index (χ2v) is 7.57. The average Bonchev–Trinajstić information content (AvgIpc) is 3.11. The third kappa shape index (κ3) is 2.30. The summed E-state index contributed by atoms with van der Waals surface area (Å²) in [6.45, 7) is 0. The zero-order valence-corrected chi connectivity index (χ0v) is 17.1. The third-order valence-corrected chi connectivity index (χ3v) is 6.78. The monoisotopic (exact) mass is 424 g/mol. The number of carbonyl (C=O) groups excluding carboxylic acids is 4. The van der Waals surface area contributed by atoms with Crippen molar-refractivity contribution in [3.63, 3.8) is 0 Å². The first kappa shape index (κ1) is 21.7. The molecule has 3 rings (SSSR count). The summed E-state index contributed by atoms with van der Waals surface area (Å²) in [6.07, 6.45) is 1.22. The van der Waals surface area contributed by atoms with Gasteiger partial charge < -0.3 is 29.2 Å². The van der Waals surface area contributed by atoms with Gasteiger partial charge in [-0.1, -0.05) is 12.8 Å². The van der Waals surface area contributed by atoms with Crippen molar-refractivity contribution in [1.82, 2.24) is 0 Å². The molecule has 0 spiro atoms. The summed E-state index contributed by atoms with van der Waals surface area (Å²) in [6, 6.07) is 0. The Bertz CT molecular complexity index is 812. The minimum absolute atomic E-state index is 0.110. The van der Waals surface area contributed by atoms with Gasteiger partial charge in [0.25, 0.3) is 0 Å². The van der Waals surface area contributed by atoms with E-state index in [4.69, 9.17) is 18.9 Å². The SMILES string of the molecule is COC(=O)C1=C(O)C(C(=O)OC)C23CCCCC12C(C(=O)OC)C(O)=C3C(=O)OC. The smallest absolute Gasteiger partial charge is 0.337 e. The molecule has 0 radical (unpaired) electrons. The van der Waals surface area contributed by atoms with Crippen molar-refractivity contribution in [1.29, 1.82) is 0 Å². The third-order valence-electron chi connectivity index (χ3n) is 6.78. The summed E-state index contributed by atoms with van der Waals surface area (Å²) < 4.78 is 19.5. The molecule has 1 fully saturated rings. The molecule has 4 unspecified atom stereocenters. The average molecular weight is 424 g/mol. The lowest BCUT2D eigenvalue weighted by Crippen LogP contribution is -2.53. The quantitative estimate of drug-likeness (QED) is 0.497. The molecule has 0 bridgehead atoms. The van der Waals surface area contributed by atoms with Crippen LogP contribution in [0.15, 0.2) is 22.7 Å². The molecule has 30 heavy (non-hydrogen) atoms. The van der Waals surface area contributed by atoms with Gasteiger partial charge in [0.05, 0.1) is 39.6 Å². The van der Waals surface area contributed by atoms with Crippen molar-refractivity contribution in [2.45, 2.75) is 25.7 Å². The summed E-state index contributed by atoms with van der Waals surface area (Å²) >= 11 is 0. The van der Waals surface area contributed by atoms with Crippen LogP contribution in [0.2, 0.25) is 0 Å². The Morgan fingerprint density at radius 2 is 1.03 bits per heavy atom. The van der Waals surface area contributed by atoms with E-state index in [1.165, 1.54) is 0 Å². The molecule has 0 aliphatic heterocycles. The van der Waals surface area contributed by atoms with Gasteiger partial charge >= 0.3 is 23.9 Å². The fraction of sp³-hybridized carbons (Fsp3) is 0.600. The van der Waals surface area contributed by atoms with E-state index in [0.29, 0.717) is 12.8 Å². The Hall–Kier alpha value is -3.04. The fourth-order valence-electron chi connectivity index (χ4n) is 5.89. The van der Waals surface area contributed by atoms with Gasteiger partial charge in [-0.3, -0.25) is 9.59 Å². The number of aliphatic hydroxyl groups is 2. The molecular formula is C20H24O10. The molecule has 0 saturated heterocycles. The predicted octanol–water partition coefficient (Wildman–Crippen LogP) is 1.11. The van der Waals surface area contributed by atoms with Crippen LogP contribution in [0, 0.1) is 22.7 Å². The van der Waals surface area contributed by atoms with E-state index in [2.05, 4.69) is 0 Å². The first-order chi connectivity index (χ1) is 14.2. The van der Waals surface area contributed by atoms with Gasteiger partial charge in [0.15, 0.2) is 0 Å². The lowest BCUT2D eigenvalue weighted by molar-refractivity contribution is -0.161. The van der Waals surface area contributed by atoms with Gasteiger partial charge in [-0.2, -0.15) is 0 Å². The summed E-state index contributed by atoms with van der Waals surface area (Å²) in [7, 11) is 4.37. The van der Waals surface area contributed by atoms with Gasteiger partial charge in [-0.25, -0.2) is 9.59 Å². The number of ether oxygens (including phenoxy) is 4. The minimum atomic E-state index is -1.64. The first-order valence-corrected chi connectivity index (χ1v) is 9.40. The second-order valence-electron chi connectivity index (χ2n) is 7.57. The minimum Gasteiger partial charge on any atom is -0.511 e. The lowest BCUT2D eigenvalue weighted by atomic mass is 9.50. The van der Waals surface area contributed by atoms with Crippen LogP contribution >= 0.6 is 0 Å². The Morgan fingerprint density at radius 3 is 1.30 bits per heavy atom. The predicted molar refractivity (Wildman–Crippen MR) is 97.7 cm³/mol. The Kier molecular flexibility index (Phi) is 5.30. The van der Waals surface area contributed by atoms with E-state index >= 15 is 0 Å². The molecule has 3 aliphatic carbocycles. The number of rotatable bonds is 4. The van der Waals surface area contributed by atoms with E-state index < -0.39 is 58.1 Å². The number of methoxy groups -OCH3 is 4. The van der Waals surface area contributed by atoms with Gasteiger partial charge in [-0.05, 0) is 12.8 Å². The van der Waals surface area contributed by atoms with E-state index in [0.717, 1.165) is 28.4 Å². The van der Waals surface area contributed by atoms with Crippen molar-refractivity contribution in [3.8, 4) is 0 Å². The second kappa shape index (κ2) is 7.33. The zero-order chi connectivity index (χ0) is 22.4. The largest absolute Gasteiger partial charge is 0.511 e. The standard InChI is InChI=1S/C20H24O10/c1-27-15(23)9-13(21)10(16(24)28-2)20-8-6-5-7-19(9,20)11(17(25)29-3)14(22)12(20)18(26)30-4/h9,12,21-22H,5-8H2,1-4H3. The fourth-order valence-corrected chi connectivity index (χ4v) is 5.89. The van der Waals surface area contributed by atoms with Crippen LogP contribution in [0.1, 0.15) is 25.7 Å². The normalized spacial score (nSPS) is 32.3. The van der Waals surface area contributed by atoms with Crippen molar-refractivity contribution < 1.29 is 48.3 Å². The maximum absolute atomic E-state index is 12.8. The summed E-state index contributed by atoms with van der Waals surface area (Å²) in [4.78, 5) is 51.3. The van der Waals surface area contributed by atoms with Crippen LogP contribution in [0.25, 0.3) is 0 Å². The van der Waals surface area contributed by atoms with Crippen molar-refractivity contribution in [2.24, 2.45) is 22.7 Å². The highest BCUT2D eigenvalue weighted by Crippen LogP contribution is 2.76. The van der Waals surface area contributed by atoms with Crippen LogP contribution in [-0.2, 0) is 38.1 Å². The van der Waals surface area contributed by atoms with E-state index in [9.17, 15) is 29.4 Å². The van der Waals surface area contributed by atoms with Crippen LogP contribution in [0.5, 0.6) is 0 Å². The highest BCUT2D eigenvalue weighted by Gasteiger charge is 2.79. The molecule has 0 amide bonds. The van der Waals surface area contributed by atoms with Gasteiger partial charge in [0.1, 0.15) is 23.4 Å². The highest BCUT2D eigenvalue weighted by atomic mass is 16.5. The summed E-state index contributed by atoms with van der Waals surface area (Å²) in [5.41, 5.74) is -3.94. The molecule has 4 atom stereocenters. The molecule has 10 nitrogen and oxygen atoms in total. The number of hydrogen-bond donors (Lipinski definition) is 2. The highest BCUT2D eigenvalue weighted by molar-refractivity contribution is 6.03. The van der Waals surface area contributed by atoms with Crippen LogP contribution < -0.4 is 0 Å². The molecule has 0 aromatic heterocycles. The molecular weight excluding hydrogens is 400 g/mol. The van der Waals surface area contributed by atoms with Crippen molar-refractivity contribution in [3.05, 3.63) is 22.7 Å². The Labute approximate surface area is 172 Å². The van der Waals surface area contributed by atoms with Crippen molar-refractivity contribution in [2.75, 3.05) is 28.4 Å². The molecule has 10 heteroatoms. The van der Waals surface area contributed by atoms with E-state index in [1.807, 2.05) is 0 Å². The van der Waals surface area contributed by atoms with Gasteiger partial charge in [0.2, 0.25) is 0 Å². The van der Waals surface area contributed by atoms with E-state index in [1.54, 1.807) is 0 Å². The first-order valence-electron chi connectivity index (χ1n) is 9.40. The molecule has 0 aromatic carbocycles. The molecule has 0 heterocycles. The topological polar surface area (TPSA) is 146 Å². The number of hydrogen-bond acceptors (Lipinski definition) is 10. The van der Waals surface area contributed by atoms with Crippen LogP contribution in [0.4, 0.5) is 0 Å².